The van der Waals surface area contributed by atoms with Crippen molar-refractivity contribution in [2.24, 2.45) is 0 Å². The van der Waals surface area contributed by atoms with Crippen molar-refractivity contribution in [2.45, 2.75) is 12.6 Å². The molecule has 1 aliphatic carbocycles. The van der Waals surface area contributed by atoms with Crippen molar-refractivity contribution in [1.82, 2.24) is 0 Å². The summed E-state index contributed by atoms with van der Waals surface area (Å²) < 4.78 is 37.6. The van der Waals surface area contributed by atoms with Crippen molar-refractivity contribution in [1.29, 1.82) is 5.41 Å². The second kappa shape index (κ2) is 3.95. The molecule has 19 heavy (non-hydrogen) atoms. The summed E-state index contributed by atoms with van der Waals surface area (Å²) in [4.78, 5) is 0. The van der Waals surface area contributed by atoms with Crippen LogP contribution in [0.5, 0.6) is 0 Å². The first-order chi connectivity index (χ1) is 8.97. The van der Waals surface area contributed by atoms with Gasteiger partial charge >= 0.3 is 6.18 Å². The SMILES string of the molecule is N=C(c1ccc2c(c1)Cc1ccccc1-2)C(F)(F)F. The van der Waals surface area contributed by atoms with Crippen LogP contribution < -0.4 is 0 Å². The quantitative estimate of drug-likeness (QED) is 0.635. The van der Waals surface area contributed by atoms with Crippen LogP contribution >= 0.6 is 0 Å². The lowest BCUT2D eigenvalue weighted by molar-refractivity contribution is -0.0587. The zero-order valence-electron chi connectivity index (χ0n) is 9.88. The van der Waals surface area contributed by atoms with Gasteiger partial charge < -0.3 is 0 Å². The second-order valence-corrected chi connectivity index (χ2v) is 4.58. The molecule has 0 aliphatic heterocycles. The molecule has 0 atom stereocenters. The Kier molecular flexibility index (Phi) is 2.49. The van der Waals surface area contributed by atoms with Gasteiger partial charge in [-0.2, -0.15) is 13.2 Å². The average Bonchev–Trinajstić information content (AvgIpc) is 2.74. The van der Waals surface area contributed by atoms with Crippen LogP contribution in [-0.2, 0) is 6.42 Å². The lowest BCUT2D eigenvalue weighted by Crippen LogP contribution is -2.22. The van der Waals surface area contributed by atoms with Gasteiger partial charge in [-0.05, 0) is 34.7 Å². The fourth-order valence-electron chi connectivity index (χ4n) is 2.46. The standard InChI is InChI=1S/C15H10F3N/c16-15(17,18)14(19)10-5-6-13-11(8-10)7-9-3-1-2-4-12(9)13/h1-6,8,19H,7H2. The lowest BCUT2D eigenvalue weighted by Gasteiger charge is -2.09. The van der Waals surface area contributed by atoms with E-state index in [0.717, 1.165) is 22.3 Å². The fourth-order valence-corrected chi connectivity index (χ4v) is 2.46. The minimum Gasteiger partial charge on any atom is -0.296 e. The van der Waals surface area contributed by atoms with Gasteiger partial charge in [0.15, 0.2) is 0 Å². The van der Waals surface area contributed by atoms with Crippen molar-refractivity contribution in [3.8, 4) is 11.1 Å². The van der Waals surface area contributed by atoms with E-state index in [-0.39, 0.29) is 5.56 Å². The molecule has 2 aromatic rings. The van der Waals surface area contributed by atoms with Gasteiger partial charge in [0.1, 0.15) is 5.71 Å². The Hall–Kier alpha value is -2.10. The van der Waals surface area contributed by atoms with Crippen molar-refractivity contribution in [3.63, 3.8) is 0 Å². The van der Waals surface area contributed by atoms with Gasteiger partial charge in [0.05, 0.1) is 0 Å². The van der Waals surface area contributed by atoms with Crippen LogP contribution in [0.2, 0.25) is 0 Å². The fraction of sp³-hybridized carbons (Fsp3) is 0.133. The molecule has 0 unspecified atom stereocenters. The maximum absolute atomic E-state index is 12.5. The first-order valence-corrected chi connectivity index (χ1v) is 5.84. The lowest BCUT2D eigenvalue weighted by atomic mass is 10.0. The molecule has 0 aromatic heterocycles. The molecule has 1 aliphatic rings. The van der Waals surface area contributed by atoms with E-state index in [0.29, 0.717) is 6.42 Å². The normalized spacial score (nSPS) is 13.0. The van der Waals surface area contributed by atoms with Crippen LogP contribution in [0.25, 0.3) is 11.1 Å². The van der Waals surface area contributed by atoms with Gasteiger partial charge in [-0.1, -0.05) is 36.4 Å². The molecular formula is C15H10F3N. The third-order valence-electron chi connectivity index (χ3n) is 3.37. The largest absolute Gasteiger partial charge is 0.433 e. The van der Waals surface area contributed by atoms with Crippen LogP contribution in [0.4, 0.5) is 13.2 Å². The molecular weight excluding hydrogens is 251 g/mol. The van der Waals surface area contributed by atoms with Crippen LogP contribution in [0.3, 0.4) is 0 Å². The minimum absolute atomic E-state index is 0.0703. The van der Waals surface area contributed by atoms with Gasteiger partial charge in [0, 0.05) is 5.56 Å². The highest BCUT2D eigenvalue weighted by atomic mass is 19.4. The predicted molar refractivity (Wildman–Crippen MR) is 67.6 cm³/mol. The topological polar surface area (TPSA) is 23.9 Å². The van der Waals surface area contributed by atoms with Crippen molar-refractivity contribution >= 4 is 5.71 Å². The molecule has 3 rings (SSSR count). The average molecular weight is 261 g/mol. The summed E-state index contributed by atoms with van der Waals surface area (Å²) in [5.74, 6) is 0. The highest BCUT2D eigenvalue weighted by Gasteiger charge is 2.35. The molecule has 0 radical (unpaired) electrons. The zero-order valence-corrected chi connectivity index (χ0v) is 9.88. The van der Waals surface area contributed by atoms with Gasteiger partial charge in [-0.15, -0.1) is 0 Å². The molecule has 0 fully saturated rings. The first kappa shape index (κ1) is 12.0. The summed E-state index contributed by atoms with van der Waals surface area (Å²) in [6.45, 7) is 0. The van der Waals surface area contributed by atoms with Crippen molar-refractivity contribution in [2.75, 3.05) is 0 Å². The molecule has 2 aromatic carbocycles. The first-order valence-electron chi connectivity index (χ1n) is 5.84. The van der Waals surface area contributed by atoms with Crippen molar-refractivity contribution < 1.29 is 13.2 Å². The van der Waals surface area contributed by atoms with E-state index in [2.05, 4.69) is 0 Å². The monoisotopic (exact) mass is 261 g/mol. The van der Waals surface area contributed by atoms with E-state index in [1.807, 2.05) is 24.3 Å². The smallest absolute Gasteiger partial charge is 0.296 e. The van der Waals surface area contributed by atoms with E-state index in [1.165, 1.54) is 12.1 Å². The van der Waals surface area contributed by atoms with Gasteiger partial charge in [-0.3, -0.25) is 5.41 Å². The maximum atomic E-state index is 12.5. The Labute approximate surface area is 108 Å². The number of hydrogen-bond donors (Lipinski definition) is 1. The number of rotatable bonds is 1. The second-order valence-electron chi connectivity index (χ2n) is 4.58. The van der Waals surface area contributed by atoms with Crippen LogP contribution in [-0.4, -0.2) is 11.9 Å². The third kappa shape index (κ3) is 1.93. The van der Waals surface area contributed by atoms with Crippen molar-refractivity contribution in [3.05, 3.63) is 59.2 Å². The number of benzene rings is 2. The number of nitrogens with one attached hydrogen (secondary N) is 1. The Bertz CT molecular complexity index is 671. The van der Waals surface area contributed by atoms with E-state index >= 15 is 0 Å². The highest BCUT2D eigenvalue weighted by molar-refractivity contribution is 6.03. The highest BCUT2D eigenvalue weighted by Crippen LogP contribution is 2.37. The van der Waals surface area contributed by atoms with Crippen LogP contribution in [0.15, 0.2) is 42.5 Å². The summed E-state index contributed by atoms with van der Waals surface area (Å²) in [7, 11) is 0. The van der Waals surface area contributed by atoms with Crippen LogP contribution in [0.1, 0.15) is 16.7 Å². The Morgan fingerprint density at radius 2 is 1.63 bits per heavy atom. The molecule has 0 saturated heterocycles. The summed E-state index contributed by atoms with van der Waals surface area (Å²) in [6, 6.07) is 12.3. The molecule has 4 heteroatoms. The summed E-state index contributed by atoms with van der Waals surface area (Å²) >= 11 is 0. The van der Waals surface area contributed by atoms with Gasteiger partial charge in [0.2, 0.25) is 0 Å². The Morgan fingerprint density at radius 3 is 2.37 bits per heavy atom. The van der Waals surface area contributed by atoms with E-state index in [9.17, 15) is 13.2 Å². The van der Waals surface area contributed by atoms with E-state index < -0.39 is 11.9 Å². The van der Waals surface area contributed by atoms with E-state index in [1.54, 1.807) is 6.07 Å². The third-order valence-corrected chi connectivity index (χ3v) is 3.37. The molecule has 0 heterocycles. The zero-order chi connectivity index (χ0) is 13.6. The number of alkyl halides is 3. The molecule has 96 valence electrons. The molecule has 1 nitrogen and oxygen atoms in total. The molecule has 0 saturated carbocycles. The van der Waals surface area contributed by atoms with Gasteiger partial charge in [-0.25, -0.2) is 0 Å². The molecule has 0 spiro atoms. The minimum atomic E-state index is -4.60. The number of halogens is 3. The summed E-state index contributed by atoms with van der Waals surface area (Å²) in [6.07, 6.45) is -3.97. The molecule has 0 bridgehead atoms. The molecule has 0 amide bonds. The summed E-state index contributed by atoms with van der Waals surface area (Å²) in [5, 5.41) is 7.18. The van der Waals surface area contributed by atoms with E-state index in [4.69, 9.17) is 5.41 Å². The van der Waals surface area contributed by atoms with Crippen LogP contribution in [0, 0.1) is 5.41 Å². The maximum Gasteiger partial charge on any atom is 0.433 e. The predicted octanol–water partition coefficient (Wildman–Crippen LogP) is 4.19. The number of fused-ring (bicyclic) bond motifs is 3. The van der Waals surface area contributed by atoms with Gasteiger partial charge in [0.25, 0.3) is 0 Å². The Balaban J connectivity index is 2.05. The molecule has 1 N–H and O–H groups in total. The summed E-state index contributed by atoms with van der Waals surface area (Å²) in [5.41, 5.74) is 2.66. The Morgan fingerprint density at radius 1 is 0.947 bits per heavy atom. The number of hydrogen-bond acceptors (Lipinski definition) is 1.